The van der Waals surface area contributed by atoms with E-state index in [-0.39, 0.29) is 0 Å². The molecule has 10 heavy (non-hydrogen) atoms. The molecule has 60 valence electrons. The molecule has 1 unspecified atom stereocenters. The predicted molar refractivity (Wildman–Crippen MR) is 42.0 cm³/mol. The SMILES string of the molecule is COS(=O)C1CCCCC1. The molecular formula is C7H14O2S. The second-order valence-corrected chi connectivity index (χ2v) is 4.21. The van der Waals surface area contributed by atoms with E-state index in [4.69, 9.17) is 4.18 Å². The molecule has 0 spiro atoms. The van der Waals surface area contributed by atoms with E-state index in [2.05, 4.69) is 0 Å². The summed E-state index contributed by atoms with van der Waals surface area (Å²) in [6, 6.07) is 0. The quantitative estimate of drug-likeness (QED) is 0.617. The summed E-state index contributed by atoms with van der Waals surface area (Å²) < 4.78 is 15.8. The minimum atomic E-state index is -1.01. The minimum absolute atomic E-state index is 0.318. The van der Waals surface area contributed by atoms with Crippen molar-refractivity contribution in [2.75, 3.05) is 7.11 Å². The monoisotopic (exact) mass is 162 g/mol. The van der Waals surface area contributed by atoms with E-state index in [0.29, 0.717) is 5.25 Å². The van der Waals surface area contributed by atoms with Crippen molar-refractivity contribution in [3.63, 3.8) is 0 Å². The molecule has 0 aromatic carbocycles. The molecule has 2 nitrogen and oxygen atoms in total. The molecule has 0 aromatic heterocycles. The lowest BCUT2D eigenvalue weighted by Gasteiger charge is -2.18. The fraction of sp³-hybridized carbons (Fsp3) is 1.00. The van der Waals surface area contributed by atoms with Crippen molar-refractivity contribution < 1.29 is 8.39 Å². The first-order chi connectivity index (χ1) is 4.84. The average molecular weight is 162 g/mol. The Morgan fingerprint density at radius 3 is 2.40 bits per heavy atom. The van der Waals surface area contributed by atoms with Gasteiger partial charge in [0.1, 0.15) is 0 Å². The van der Waals surface area contributed by atoms with Crippen LogP contribution >= 0.6 is 0 Å². The largest absolute Gasteiger partial charge is 0.294 e. The molecule has 0 aromatic rings. The van der Waals surface area contributed by atoms with Gasteiger partial charge in [-0.3, -0.25) is 4.18 Å². The summed E-state index contributed by atoms with van der Waals surface area (Å²) in [6.45, 7) is 0. The Hall–Kier alpha value is 0.110. The maximum absolute atomic E-state index is 11.1. The zero-order valence-corrected chi connectivity index (χ0v) is 7.15. The zero-order valence-electron chi connectivity index (χ0n) is 6.34. The molecule has 1 rings (SSSR count). The van der Waals surface area contributed by atoms with Gasteiger partial charge in [0.2, 0.25) is 0 Å². The Morgan fingerprint density at radius 1 is 1.30 bits per heavy atom. The topological polar surface area (TPSA) is 26.3 Å². The lowest BCUT2D eigenvalue weighted by Crippen LogP contribution is -2.19. The van der Waals surface area contributed by atoms with Crippen LogP contribution in [0.3, 0.4) is 0 Å². The van der Waals surface area contributed by atoms with E-state index in [1.54, 1.807) is 0 Å². The molecule has 1 aliphatic rings. The van der Waals surface area contributed by atoms with E-state index in [1.807, 2.05) is 0 Å². The van der Waals surface area contributed by atoms with E-state index in [0.717, 1.165) is 12.8 Å². The van der Waals surface area contributed by atoms with Gasteiger partial charge in [0.25, 0.3) is 0 Å². The van der Waals surface area contributed by atoms with E-state index < -0.39 is 11.1 Å². The van der Waals surface area contributed by atoms with Gasteiger partial charge in [0.05, 0.1) is 12.4 Å². The average Bonchev–Trinajstić information content (AvgIpc) is 2.05. The van der Waals surface area contributed by atoms with Gasteiger partial charge in [0, 0.05) is 0 Å². The standard InChI is InChI=1S/C7H14O2S/c1-9-10(8)7-5-3-2-4-6-7/h7H,2-6H2,1H3. The smallest absolute Gasteiger partial charge is 0.158 e. The van der Waals surface area contributed by atoms with Crippen molar-refractivity contribution in [2.24, 2.45) is 0 Å². The van der Waals surface area contributed by atoms with Crippen LogP contribution < -0.4 is 0 Å². The number of hydrogen-bond donors (Lipinski definition) is 0. The second kappa shape index (κ2) is 4.09. The van der Waals surface area contributed by atoms with Crippen molar-refractivity contribution in [3.8, 4) is 0 Å². The summed E-state index contributed by atoms with van der Waals surface area (Å²) in [5.41, 5.74) is 0. The van der Waals surface area contributed by atoms with Crippen molar-refractivity contribution in [3.05, 3.63) is 0 Å². The molecule has 1 fully saturated rings. The third-order valence-electron chi connectivity index (χ3n) is 1.99. The molecule has 0 aliphatic heterocycles. The zero-order chi connectivity index (χ0) is 7.40. The fourth-order valence-electron chi connectivity index (χ4n) is 1.39. The van der Waals surface area contributed by atoms with Gasteiger partial charge in [-0.1, -0.05) is 19.3 Å². The van der Waals surface area contributed by atoms with E-state index >= 15 is 0 Å². The van der Waals surface area contributed by atoms with Gasteiger partial charge in [-0.05, 0) is 12.8 Å². The van der Waals surface area contributed by atoms with Gasteiger partial charge in [0.15, 0.2) is 11.1 Å². The Morgan fingerprint density at radius 2 is 1.90 bits per heavy atom. The lowest BCUT2D eigenvalue weighted by molar-refractivity contribution is 0.413. The van der Waals surface area contributed by atoms with Crippen LogP contribution in [0.1, 0.15) is 32.1 Å². The third kappa shape index (κ3) is 2.06. The Kier molecular flexibility index (Phi) is 3.35. The summed E-state index contributed by atoms with van der Waals surface area (Å²) >= 11 is -1.01. The molecule has 1 saturated carbocycles. The number of rotatable bonds is 2. The highest BCUT2D eigenvalue weighted by Crippen LogP contribution is 2.21. The Bertz CT molecular complexity index is 119. The molecule has 1 atom stereocenters. The first kappa shape index (κ1) is 8.21. The summed E-state index contributed by atoms with van der Waals surface area (Å²) in [5, 5.41) is 0.318. The van der Waals surface area contributed by atoms with Gasteiger partial charge < -0.3 is 0 Å². The molecule has 0 bridgehead atoms. The van der Waals surface area contributed by atoms with Crippen LogP contribution in [0.15, 0.2) is 0 Å². The van der Waals surface area contributed by atoms with Crippen molar-refractivity contribution in [2.45, 2.75) is 37.4 Å². The molecule has 0 radical (unpaired) electrons. The molecular weight excluding hydrogens is 148 g/mol. The third-order valence-corrected chi connectivity index (χ3v) is 3.33. The molecule has 0 heterocycles. The highest BCUT2D eigenvalue weighted by molar-refractivity contribution is 7.80. The van der Waals surface area contributed by atoms with Crippen LogP contribution in [0, 0.1) is 0 Å². The summed E-state index contributed by atoms with van der Waals surface area (Å²) in [7, 11) is 1.52. The van der Waals surface area contributed by atoms with Crippen molar-refractivity contribution >= 4 is 11.1 Å². The first-order valence-corrected chi connectivity index (χ1v) is 4.93. The van der Waals surface area contributed by atoms with Crippen molar-refractivity contribution in [1.82, 2.24) is 0 Å². The maximum atomic E-state index is 11.1. The first-order valence-electron chi connectivity index (χ1n) is 3.79. The van der Waals surface area contributed by atoms with Crippen LogP contribution in [0.25, 0.3) is 0 Å². The molecule has 1 aliphatic carbocycles. The van der Waals surface area contributed by atoms with Crippen molar-refractivity contribution in [1.29, 1.82) is 0 Å². The Labute approximate surface area is 64.6 Å². The number of hydrogen-bond acceptors (Lipinski definition) is 2. The van der Waals surface area contributed by atoms with Crippen LogP contribution in [0.4, 0.5) is 0 Å². The molecule has 3 heteroatoms. The van der Waals surface area contributed by atoms with Crippen LogP contribution in [-0.2, 0) is 15.3 Å². The maximum Gasteiger partial charge on any atom is 0.158 e. The highest BCUT2D eigenvalue weighted by atomic mass is 32.2. The van der Waals surface area contributed by atoms with Gasteiger partial charge in [-0.25, -0.2) is 4.21 Å². The summed E-state index contributed by atoms with van der Waals surface area (Å²) in [5.74, 6) is 0. The molecule has 0 saturated heterocycles. The van der Waals surface area contributed by atoms with Gasteiger partial charge >= 0.3 is 0 Å². The summed E-state index contributed by atoms with van der Waals surface area (Å²) in [6.07, 6.45) is 5.91. The van der Waals surface area contributed by atoms with E-state index in [1.165, 1.54) is 26.4 Å². The second-order valence-electron chi connectivity index (χ2n) is 2.69. The molecule has 0 N–H and O–H groups in total. The lowest BCUT2D eigenvalue weighted by atomic mass is 10.0. The van der Waals surface area contributed by atoms with Crippen LogP contribution in [0.5, 0.6) is 0 Å². The van der Waals surface area contributed by atoms with Gasteiger partial charge in [-0.15, -0.1) is 0 Å². The van der Waals surface area contributed by atoms with Crippen LogP contribution in [-0.4, -0.2) is 16.6 Å². The highest BCUT2D eigenvalue weighted by Gasteiger charge is 2.19. The fourth-order valence-corrected chi connectivity index (χ4v) is 2.38. The van der Waals surface area contributed by atoms with Gasteiger partial charge in [-0.2, -0.15) is 0 Å². The molecule has 0 amide bonds. The normalized spacial score (nSPS) is 24.5. The Balaban J connectivity index is 2.31. The summed E-state index contributed by atoms with van der Waals surface area (Å²) in [4.78, 5) is 0. The van der Waals surface area contributed by atoms with Crippen LogP contribution in [0.2, 0.25) is 0 Å². The van der Waals surface area contributed by atoms with E-state index in [9.17, 15) is 4.21 Å². The minimum Gasteiger partial charge on any atom is -0.294 e. The predicted octanol–water partition coefficient (Wildman–Crippen LogP) is 1.63.